The summed E-state index contributed by atoms with van der Waals surface area (Å²) in [7, 11) is 0. The van der Waals surface area contributed by atoms with Gasteiger partial charge in [0.2, 0.25) is 0 Å². The van der Waals surface area contributed by atoms with Gasteiger partial charge in [-0.3, -0.25) is 0 Å². The number of nitrogens with zero attached hydrogens (tertiary/aromatic N) is 4. The van der Waals surface area contributed by atoms with E-state index in [-0.39, 0.29) is 17.2 Å². The molecule has 33 heavy (non-hydrogen) atoms. The third-order valence-electron chi connectivity index (χ3n) is 5.77. The lowest BCUT2D eigenvalue weighted by atomic mass is 10.0. The molecule has 4 nitrogen and oxygen atoms in total. The fourth-order valence-electron chi connectivity index (χ4n) is 3.94. The molecule has 2 aliphatic heterocycles. The molecule has 0 aliphatic carbocycles. The van der Waals surface area contributed by atoms with Gasteiger partial charge in [-0.2, -0.15) is 10.2 Å². The van der Waals surface area contributed by atoms with Crippen molar-refractivity contribution in [2.45, 2.75) is 38.7 Å². The molecule has 0 atom stereocenters. The van der Waals surface area contributed by atoms with E-state index in [0.29, 0.717) is 12.3 Å². The monoisotopic (exact) mass is 494 g/mol. The van der Waals surface area contributed by atoms with Crippen molar-refractivity contribution in [3.05, 3.63) is 64.4 Å². The number of hydrogen-bond acceptors (Lipinski definition) is 5. The molecule has 2 aromatic carbocycles. The van der Waals surface area contributed by atoms with Crippen molar-refractivity contribution in [3.8, 4) is 0 Å². The Morgan fingerprint density at radius 2 is 1.82 bits per heavy atom. The van der Waals surface area contributed by atoms with Gasteiger partial charge >= 0.3 is 0 Å². The Balaban J connectivity index is 1.40. The molecule has 0 bridgehead atoms. The summed E-state index contributed by atoms with van der Waals surface area (Å²) in [6, 6.07) is 12.5. The molecule has 0 N–H and O–H groups in total. The number of benzene rings is 2. The Bertz CT molecular complexity index is 1010. The topological polar surface area (TPSA) is 31.2 Å². The molecule has 2 heterocycles. The van der Waals surface area contributed by atoms with Crippen LogP contribution in [-0.4, -0.2) is 48.1 Å². The van der Waals surface area contributed by atoms with Crippen molar-refractivity contribution in [1.29, 1.82) is 0 Å². The summed E-state index contributed by atoms with van der Waals surface area (Å²) in [6.45, 7) is 4.05. The van der Waals surface area contributed by atoms with E-state index in [2.05, 4.69) is 19.4 Å². The van der Waals surface area contributed by atoms with Gasteiger partial charge in [-0.1, -0.05) is 35.9 Å². The zero-order chi connectivity index (χ0) is 23.2. The number of alkyl halides is 2. The molecule has 2 aromatic rings. The summed E-state index contributed by atoms with van der Waals surface area (Å²) >= 11 is 7.74. The SMILES string of the molecule is Fc1ccc(N(Cc2ccc(C3=NN=C(C(F)F)C3)cc2)SCCCN2CCCC2)cc1Cl. The van der Waals surface area contributed by atoms with Gasteiger partial charge in [0, 0.05) is 17.9 Å². The van der Waals surface area contributed by atoms with Crippen molar-refractivity contribution in [2.24, 2.45) is 10.2 Å². The first-order valence-corrected chi connectivity index (χ1v) is 12.4. The highest BCUT2D eigenvalue weighted by atomic mass is 35.5. The third kappa shape index (κ3) is 6.52. The molecule has 0 saturated carbocycles. The summed E-state index contributed by atoms with van der Waals surface area (Å²) in [5.74, 6) is 0.500. The van der Waals surface area contributed by atoms with Crippen molar-refractivity contribution >= 4 is 40.7 Å². The van der Waals surface area contributed by atoms with E-state index in [0.717, 1.165) is 35.5 Å². The first-order valence-electron chi connectivity index (χ1n) is 11.1. The smallest absolute Gasteiger partial charge is 0.278 e. The van der Waals surface area contributed by atoms with Crippen LogP contribution in [0.2, 0.25) is 5.02 Å². The molecule has 176 valence electrons. The molecule has 2 aliphatic rings. The second-order valence-corrected chi connectivity index (χ2v) is 9.70. The largest absolute Gasteiger partial charge is 0.312 e. The normalized spacial score (nSPS) is 16.4. The van der Waals surface area contributed by atoms with Gasteiger partial charge in [0.1, 0.15) is 11.5 Å². The minimum Gasteiger partial charge on any atom is -0.312 e. The summed E-state index contributed by atoms with van der Waals surface area (Å²) in [5.41, 5.74) is 3.02. The first-order chi connectivity index (χ1) is 16.0. The molecule has 1 saturated heterocycles. The molecule has 0 amide bonds. The van der Waals surface area contributed by atoms with Gasteiger partial charge < -0.3 is 9.21 Å². The van der Waals surface area contributed by atoms with Crippen molar-refractivity contribution in [2.75, 3.05) is 29.7 Å². The molecule has 9 heteroatoms. The average Bonchev–Trinajstić information content (AvgIpc) is 3.51. The van der Waals surface area contributed by atoms with Crippen molar-refractivity contribution in [3.63, 3.8) is 0 Å². The third-order valence-corrected chi connectivity index (χ3v) is 7.18. The minimum absolute atomic E-state index is 0.0735. The molecule has 0 radical (unpaired) electrons. The van der Waals surface area contributed by atoms with Crippen LogP contribution in [0.3, 0.4) is 0 Å². The Morgan fingerprint density at radius 3 is 2.48 bits per heavy atom. The predicted molar refractivity (Wildman–Crippen MR) is 131 cm³/mol. The summed E-state index contributed by atoms with van der Waals surface area (Å²) in [6.07, 6.45) is 1.13. The van der Waals surface area contributed by atoms with E-state index in [4.69, 9.17) is 11.6 Å². The maximum atomic E-state index is 13.7. The van der Waals surface area contributed by atoms with Gasteiger partial charge in [0.25, 0.3) is 6.43 Å². The number of likely N-dealkylation sites (tertiary alicyclic amines) is 1. The summed E-state index contributed by atoms with van der Waals surface area (Å²) in [5, 5.41) is 7.59. The number of rotatable bonds is 10. The summed E-state index contributed by atoms with van der Waals surface area (Å²) in [4.78, 5) is 2.49. The Labute approximate surface area is 201 Å². The molecule has 0 unspecified atom stereocenters. The lowest BCUT2D eigenvalue weighted by molar-refractivity contribution is 0.224. The quantitative estimate of drug-likeness (QED) is 0.281. The Hall–Kier alpha value is -2.03. The maximum Gasteiger partial charge on any atom is 0.278 e. The highest BCUT2D eigenvalue weighted by Crippen LogP contribution is 2.30. The molecule has 1 fully saturated rings. The van der Waals surface area contributed by atoms with Crippen LogP contribution in [0.15, 0.2) is 52.7 Å². The lowest BCUT2D eigenvalue weighted by Gasteiger charge is -2.24. The Morgan fingerprint density at radius 1 is 1.06 bits per heavy atom. The highest BCUT2D eigenvalue weighted by molar-refractivity contribution is 8.00. The zero-order valence-electron chi connectivity index (χ0n) is 18.2. The van der Waals surface area contributed by atoms with Crippen LogP contribution in [-0.2, 0) is 6.54 Å². The summed E-state index contributed by atoms with van der Waals surface area (Å²) < 4.78 is 41.5. The minimum atomic E-state index is -2.58. The highest BCUT2D eigenvalue weighted by Gasteiger charge is 2.22. The van der Waals surface area contributed by atoms with E-state index in [9.17, 15) is 13.2 Å². The second-order valence-electron chi connectivity index (χ2n) is 8.18. The fourth-order valence-corrected chi connectivity index (χ4v) is 5.09. The van der Waals surface area contributed by atoms with Gasteiger partial charge in [-0.15, -0.1) is 0 Å². The number of hydrogen-bond donors (Lipinski definition) is 0. The molecular formula is C24H26ClF3N4S. The van der Waals surface area contributed by atoms with Crippen LogP contribution in [0.5, 0.6) is 0 Å². The van der Waals surface area contributed by atoms with Crippen molar-refractivity contribution < 1.29 is 13.2 Å². The molecule has 0 aromatic heterocycles. The van der Waals surface area contributed by atoms with Crippen LogP contribution in [0.4, 0.5) is 18.9 Å². The van der Waals surface area contributed by atoms with Gasteiger partial charge in [0.15, 0.2) is 0 Å². The first kappa shape index (κ1) is 24.1. The van der Waals surface area contributed by atoms with Crippen LogP contribution >= 0.6 is 23.5 Å². The standard InChI is InChI=1S/C24H26ClF3N4S/c25-20-14-19(8-9-21(20)26)32(33-13-3-12-31-10-1-2-11-31)16-17-4-6-18(7-5-17)22-15-23(24(27)28)30-29-22/h4-9,14,24H,1-3,10-13,15-16H2. The number of halogens is 4. The lowest BCUT2D eigenvalue weighted by Crippen LogP contribution is -2.22. The molecular weight excluding hydrogens is 469 g/mol. The fraction of sp³-hybridized carbons (Fsp3) is 0.417. The van der Waals surface area contributed by atoms with E-state index < -0.39 is 12.2 Å². The predicted octanol–water partition coefficient (Wildman–Crippen LogP) is 6.43. The zero-order valence-corrected chi connectivity index (χ0v) is 19.8. The van der Waals surface area contributed by atoms with Crippen LogP contribution in [0.25, 0.3) is 0 Å². The van der Waals surface area contributed by atoms with Gasteiger partial charge in [-0.05, 0) is 80.2 Å². The van der Waals surface area contributed by atoms with Gasteiger partial charge in [0.05, 0.1) is 17.3 Å². The van der Waals surface area contributed by atoms with Crippen molar-refractivity contribution in [1.82, 2.24) is 4.90 Å². The van der Waals surface area contributed by atoms with Gasteiger partial charge in [-0.25, -0.2) is 13.2 Å². The van der Waals surface area contributed by atoms with E-state index in [1.165, 1.54) is 32.0 Å². The second kappa shape index (κ2) is 11.4. The van der Waals surface area contributed by atoms with E-state index in [1.54, 1.807) is 24.1 Å². The number of anilines is 1. The molecule has 4 rings (SSSR count). The van der Waals surface area contributed by atoms with E-state index >= 15 is 0 Å². The Kier molecular flexibility index (Phi) is 8.33. The maximum absolute atomic E-state index is 13.7. The van der Waals surface area contributed by atoms with Crippen LogP contribution in [0.1, 0.15) is 36.8 Å². The molecule has 0 spiro atoms. The van der Waals surface area contributed by atoms with Crippen LogP contribution in [0, 0.1) is 5.82 Å². The van der Waals surface area contributed by atoms with E-state index in [1.807, 2.05) is 24.3 Å². The van der Waals surface area contributed by atoms with Crippen LogP contribution < -0.4 is 4.31 Å². The average molecular weight is 495 g/mol.